The van der Waals surface area contributed by atoms with Crippen molar-refractivity contribution < 1.29 is 0 Å². The van der Waals surface area contributed by atoms with Crippen LogP contribution in [0.25, 0.3) is 11.1 Å². The maximum atomic E-state index is 4.50. The van der Waals surface area contributed by atoms with Crippen LogP contribution in [0.5, 0.6) is 0 Å². The monoisotopic (exact) mass is 257 g/mol. The van der Waals surface area contributed by atoms with Crippen LogP contribution in [-0.4, -0.2) is 28.8 Å². The first-order valence-electron chi connectivity index (χ1n) is 6.82. The van der Waals surface area contributed by atoms with E-state index in [4.69, 9.17) is 0 Å². The number of benzene rings is 1. The van der Waals surface area contributed by atoms with Crippen molar-refractivity contribution >= 4 is 0 Å². The average molecular weight is 257 g/mol. The molecule has 3 nitrogen and oxygen atoms in total. The highest BCUT2D eigenvalue weighted by Crippen LogP contribution is 2.26. The minimum Gasteiger partial charge on any atom is -0.303 e. The average Bonchev–Trinajstić information content (AvgIpc) is 2.79. The van der Waals surface area contributed by atoms with Gasteiger partial charge in [-0.05, 0) is 38.6 Å². The number of rotatable bonds is 4. The van der Waals surface area contributed by atoms with E-state index in [2.05, 4.69) is 68.4 Å². The summed E-state index contributed by atoms with van der Waals surface area (Å²) in [6.45, 7) is 4.37. The molecule has 2 aromatic rings. The van der Waals surface area contributed by atoms with E-state index >= 15 is 0 Å². The summed E-state index contributed by atoms with van der Waals surface area (Å²) in [5, 5.41) is 4.50. The molecule has 0 aliphatic heterocycles. The molecule has 0 radical (unpaired) electrons. The molecule has 0 N–H and O–H groups in total. The summed E-state index contributed by atoms with van der Waals surface area (Å²) >= 11 is 0. The first-order chi connectivity index (χ1) is 9.02. The van der Waals surface area contributed by atoms with E-state index in [1.165, 1.54) is 16.7 Å². The fraction of sp³-hybridized carbons (Fsp3) is 0.438. The molecule has 1 aromatic carbocycles. The van der Waals surface area contributed by atoms with E-state index in [0.717, 1.165) is 12.1 Å². The molecule has 3 heteroatoms. The van der Waals surface area contributed by atoms with Crippen molar-refractivity contribution in [2.75, 3.05) is 14.1 Å². The predicted octanol–water partition coefficient (Wildman–Crippen LogP) is 3.27. The van der Waals surface area contributed by atoms with E-state index in [9.17, 15) is 0 Å². The first-order valence-corrected chi connectivity index (χ1v) is 6.82. The molecular formula is C16H23N3. The third kappa shape index (κ3) is 2.87. The van der Waals surface area contributed by atoms with Crippen LogP contribution >= 0.6 is 0 Å². The summed E-state index contributed by atoms with van der Waals surface area (Å²) < 4.78 is 1.89. The lowest BCUT2D eigenvalue weighted by Crippen LogP contribution is -2.16. The van der Waals surface area contributed by atoms with Crippen molar-refractivity contribution in [3.63, 3.8) is 0 Å². The van der Waals surface area contributed by atoms with Gasteiger partial charge in [0.2, 0.25) is 0 Å². The fourth-order valence-electron chi connectivity index (χ4n) is 2.28. The lowest BCUT2D eigenvalue weighted by atomic mass is 10.0. The van der Waals surface area contributed by atoms with E-state index in [1.54, 1.807) is 0 Å². The number of aromatic nitrogens is 2. The van der Waals surface area contributed by atoms with Gasteiger partial charge in [0.05, 0.1) is 5.69 Å². The number of aryl methyl sites for hydroxylation is 2. The summed E-state index contributed by atoms with van der Waals surface area (Å²) in [5.74, 6) is 0. The Balaban J connectivity index is 2.32. The molecule has 1 heterocycles. The summed E-state index contributed by atoms with van der Waals surface area (Å²) in [6, 6.07) is 9.27. The molecule has 19 heavy (non-hydrogen) atoms. The van der Waals surface area contributed by atoms with Crippen LogP contribution in [0.3, 0.4) is 0 Å². The Kier molecular flexibility index (Phi) is 4.05. The van der Waals surface area contributed by atoms with E-state index in [0.29, 0.717) is 6.04 Å². The van der Waals surface area contributed by atoms with E-state index < -0.39 is 0 Å². The zero-order valence-electron chi connectivity index (χ0n) is 12.5. The predicted molar refractivity (Wildman–Crippen MR) is 80.1 cm³/mol. The molecule has 1 atom stereocenters. The van der Waals surface area contributed by atoms with Crippen LogP contribution in [0.4, 0.5) is 0 Å². The first kappa shape index (κ1) is 13.8. The van der Waals surface area contributed by atoms with Crippen molar-refractivity contribution in [3.8, 4) is 11.1 Å². The number of hydrogen-bond donors (Lipinski definition) is 0. The molecule has 1 aromatic heterocycles. The van der Waals surface area contributed by atoms with Crippen molar-refractivity contribution in [3.05, 3.63) is 41.7 Å². The molecule has 2 rings (SSSR count). The second-order valence-corrected chi connectivity index (χ2v) is 5.28. The minimum absolute atomic E-state index is 0.439. The number of hydrogen-bond acceptors (Lipinski definition) is 2. The summed E-state index contributed by atoms with van der Waals surface area (Å²) in [7, 11) is 6.19. The highest BCUT2D eigenvalue weighted by atomic mass is 15.2. The van der Waals surface area contributed by atoms with Gasteiger partial charge in [-0.25, -0.2) is 0 Å². The third-order valence-corrected chi connectivity index (χ3v) is 3.72. The molecule has 0 saturated heterocycles. The maximum Gasteiger partial charge on any atom is 0.0700 e. The van der Waals surface area contributed by atoms with Gasteiger partial charge in [-0.15, -0.1) is 0 Å². The smallest absolute Gasteiger partial charge is 0.0700 e. The molecule has 0 spiro atoms. The third-order valence-electron chi connectivity index (χ3n) is 3.72. The zero-order valence-corrected chi connectivity index (χ0v) is 12.5. The van der Waals surface area contributed by atoms with Crippen LogP contribution < -0.4 is 0 Å². The maximum absolute atomic E-state index is 4.50. The molecular weight excluding hydrogens is 234 g/mol. The van der Waals surface area contributed by atoms with Gasteiger partial charge in [-0.3, -0.25) is 4.68 Å². The summed E-state index contributed by atoms with van der Waals surface area (Å²) in [6.07, 6.45) is 3.06. The molecule has 0 bridgehead atoms. The van der Waals surface area contributed by atoms with Gasteiger partial charge in [0.1, 0.15) is 0 Å². The second kappa shape index (κ2) is 5.57. The lowest BCUT2D eigenvalue weighted by Gasteiger charge is -2.20. The van der Waals surface area contributed by atoms with E-state index in [-0.39, 0.29) is 0 Å². The van der Waals surface area contributed by atoms with Crippen LogP contribution in [0.15, 0.2) is 30.5 Å². The Hall–Kier alpha value is -1.61. The molecule has 0 fully saturated rings. The highest BCUT2D eigenvalue weighted by molar-refractivity contribution is 5.65. The molecule has 0 aliphatic carbocycles. The molecule has 0 saturated carbocycles. The normalized spacial score (nSPS) is 12.9. The molecule has 0 amide bonds. The lowest BCUT2D eigenvalue weighted by molar-refractivity contribution is 0.321. The van der Waals surface area contributed by atoms with Gasteiger partial charge in [0.15, 0.2) is 0 Å². The molecule has 0 unspecified atom stereocenters. The van der Waals surface area contributed by atoms with E-state index in [1.807, 2.05) is 11.7 Å². The van der Waals surface area contributed by atoms with Gasteiger partial charge < -0.3 is 4.90 Å². The van der Waals surface area contributed by atoms with Gasteiger partial charge in [0.25, 0.3) is 0 Å². The zero-order chi connectivity index (χ0) is 14.0. The quantitative estimate of drug-likeness (QED) is 0.838. The second-order valence-electron chi connectivity index (χ2n) is 5.28. The van der Waals surface area contributed by atoms with Crippen molar-refractivity contribution in [1.82, 2.24) is 14.7 Å². The van der Waals surface area contributed by atoms with Gasteiger partial charge in [-0.1, -0.05) is 31.2 Å². The Morgan fingerprint density at radius 3 is 2.37 bits per heavy atom. The van der Waals surface area contributed by atoms with Crippen molar-refractivity contribution in [2.24, 2.45) is 7.05 Å². The largest absolute Gasteiger partial charge is 0.303 e. The van der Waals surface area contributed by atoms with Gasteiger partial charge >= 0.3 is 0 Å². The SMILES string of the molecule is CCc1nn(C)cc1-c1ccc([C@H](C)N(C)C)cc1. The summed E-state index contributed by atoms with van der Waals surface area (Å²) in [5.41, 5.74) is 5.00. The minimum atomic E-state index is 0.439. The van der Waals surface area contributed by atoms with Crippen LogP contribution in [0, 0.1) is 0 Å². The Bertz CT molecular complexity index is 538. The Morgan fingerprint density at radius 2 is 1.84 bits per heavy atom. The van der Waals surface area contributed by atoms with Crippen molar-refractivity contribution in [2.45, 2.75) is 26.3 Å². The Morgan fingerprint density at radius 1 is 1.21 bits per heavy atom. The molecule has 102 valence electrons. The van der Waals surface area contributed by atoms with Gasteiger partial charge in [-0.2, -0.15) is 5.10 Å². The standard InChI is InChI=1S/C16H23N3/c1-6-16-15(11-19(5)17-16)14-9-7-13(8-10-14)12(2)18(3)4/h7-12H,6H2,1-5H3/t12-/m0/s1. The highest BCUT2D eigenvalue weighted by Gasteiger charge is 2.10. The molecule has 0 aliphatic rings. The van der Waals surface area contributed by atoms with Crippen molar-refractivity contribution in [1.29, 1.82) is 0 Å². The van der Waals surface area contributed by atoms with Crippen LogP contribution in [0.1, 0.15) is 31.1 Å². The topological polar surface area (TPSA) is 21.1 Å². The fourth-order valence-corrected chi connectivity index (χ4v) is 2.28. The van der Waals surface area contributed by atoms with Crippen LogP contribution in [0.2, 0.25) is 0 Å². The number of nitrogens with zero attached hydrogens (tertiary/aromatic N) is 3. The summed E-state index contributed by atoms with van der Waals surface area (Å²) in [4.78, 5) is 2.22. The van der Waals surface area contributed by atoms with Gasteiger partial charge in [0, 0.05) is 24.8 Å². The Labute approximate surface area is 115 Å². The van der Waals surface area contributed by atoms with Crippen LogP contribution in [-0.2, 0) is 13.5 Å².